The van der Waals surface area contributed by atoms with Crippen LogP contribution in [0.15, 0.2) is 0 Å². The van der Waals surface area contributed by atoms with Gasteiger partial charge in [-0.1, -0.05) is 19.8 Å². The fourth-order valence-electron chi connectivity index (χ4n) is 1.82. The number of thioether (sulfide) groups is 1. The minimum absolute atomic E-state index is 0.0829. The van der Waals surface area contributed by atoms with Crippen LogP contribution in [0.2, 0.25) is 0 Å². The summed E-state index contributed by atoms with van der Waals surface area (Å²) in [7, 11) is 0. The molecule has 5 atom stereocenters. The normalized spacial score (nSPS) is 41.8. The van der Waals surface area contributed by atoms with Crippen LogP contribution in [0.1, 0.15) is 26.2 Å². The van der Waals surface area contributed by atoms with Gasteiger partial charge >= 0.3 is 0 Å². The molecule has 1 rings (SSSR count). The van der Waals surface area contributed by atoms with Crippen molar-refractivity contribution in [2.24, 2.45) is 0 Å². The van der Waals surface area contributed by atoms with Gasteiger partial charge in [0.25, 0.3) is 0 Å². The van der Waals surface area contributed by atoms with Gasteiger partial charge in [0.2, 0.25) is 0 Å². The molecule has 1 aliphatic heterocycles. The van der Waals surface area contributed by atoms with Crippen LogP contribution >= 0.6 is 11.8 Å². The molecule has 15 heavy (non-hydrogen) atoms. The average Bonchev–Trinajstić information content (AvgIpc) is 2.25. The van der Waals surface area contributed by atoms with Crippen LogP contribution in [-0.4, -0.2) is 55.8 Å². The molecule has 1 aliphatic rings. The van der Waals surface area contributed by atoms with Gasteiger partial charge in [-0.05, 0) is 6.42 Å². The summed E-state index contributed by atoms with van der Waals surface area (Å²) in [5.41, 5.74) is 0. The Kier molecular flexibility index (Phi) is 5.35. The van der Waals surface area contributed by atoms with Crippen molar-refractivity contribution in [3.05, 3.63) is 0 Å². The second-order valence-corrected chi connectivity index (χ2v) is 5.49. The third-order valence-electron chi connectivity index (χ3n) is 2.83. The van der Waals surface area contributed by atoms with Crippen LogP contribution in [0.25, 0.3) is 0 Å². The Morgan fingerprint density at radius 1 is 1.00 bits per heavy atom. The topological polar surface area (TPSA) is 80.9 Å². The smallest absolute Gasteiger partial charge is 0.108 e. The van der Waals surface area contributed by atoms with Crippen LogP contribution in [0, 0.1) is 0 Å². The maximum Gasteiger partial charge on any atom is 0.108 e. The van der Waals surface area contributed by atoms with Gasteiger partial charge in [-0.2, -0.15) is 0 Å². The quantitative estimate of drug-likeness (QED) is 0.540. The van der Waals surface area contributed by atoms with Crippen LogP contribution in [0.4, 0.5) is 0 Å². The Labute approximate surface area is 94.3 Å². The summed E-state index contributed by atoms with van der Waals surface area (Å²) in [6, 6.07) is 0. The van der Waals surface area contributed by atoms with Crippen molar-refractivity contribution in [3.8, 4) is 0 Å². The van der Waals surface area contributed by atoms with Crippen molar-refractivity contribution in [3.63, 3.8) is 0 Å². The average molecular weight is 236 g/mol. The maximum atomic E-state index is 9.74. The van der Waals surface area contributed by atoms with Gasteiger partial charge in [-0.25, -0.2) is 0 Å². The number of hydrogen-bond donors (Lipinski definition) is 4. The molecule has 1 fully saturated rings. The Hall–Kier alpha value is 0.190. The lowest BCUT2D eigenvalue weighted by Gasteiger charge is -2.39. The Bertz CT molecular complexity index is 188. The molecule has 5 unspecified atom stereocenters. The van der Waals surface area contributed by atoms with Gasteiger partial charge in [0, 0.05) is 5.25 Å². The molecule has 0 aromatic heterocycles. The lowest BCUT2D eigenvalue weighted by molar-refractivity contribution is -0.0703. The van der Waals surface area contributed by atoms with E-state index in [1.54, 1.807) is 0 Å². The number of aliphatic hydroxyl groups is 4. The summed E-state index contributed by atoms with van der Waals surface area (Å²) in [6.07, 6.45) is -0.234. The fraction of sp³-hybridized carbons (Fsp3) is 1.00. The van der Waals surface area contributed by atoms with Crippen LogP contribution in [-0.2, 0) is 0 Å². The highest BCUT2D eigenvalue weighted by molar-refractivity contribution is 8.00. The van der Waals surface area contributed by atoms with Crippen molar-refractivity contribution < 1.29 is 20.4 Å². The molecule has 5 heteroatoms. The molecular weight excluding hydrogens is 216 g/mol. The summed E-state index contributed by atoms with van der Waals surface area (Å²) < 4.78 is 0. The third-order valence-corrected chi connectivity index (χ3v) is 4.48. The van der Waals surface area contributed by atoms with Crippen molar-refractivity contribution >= 4 is 11.8 Å². The molecule has 0 aromatic carbocycles. The summed E-state index contributed by atoms with van der Waals surface area (Å²) in [6.45, 7) is 1.90. The molecule has 1 heterocycles. The lowest BCUT2D eigenvalue weighted by atomic mass is 9.98. The first kappa shape index (κ1) is 13.3. The molecule has 4 N–H and O–H groups in total. The minimum Gasteiger partial charge on any atom is -0.395 e. The summed E-state index contributed by atoms with van der Waals surface area (Å²) in [5.74, 6) is 0. The van der Waals surface area contributed by atoms with Gasteiger partial charge in [-0.15, -0.1) is 11.8 Å². The molecule has 4 nitrogen and oxygen atoms in total. The van der Waals surface area contributed by atoms with E-state index in [0.717, 1.165) is 19.3 Å². The van der Waals surface area contributed by atoms with Crippen molar-refractivity contribution in [1.29, 1.82) is 0 Å². The zero-order chi connectivity index (χ0) is 11.4. The molecule has 0 bridgehead atoms. The van der Waals surface area contributed by atoms with E-state index in [0.29, 0.717) is 0 Å². The second kappa shape index (κ2) is 6.06. The molecule has 90 valence electrons. The molecule has 0 aromatic rings. The first-order valence-electron chi connectivity index (χ1n) is 5.42. The summed E-state index contributed by atoms with van der Waals surface area (Å²) >= 11 is 1.38. The standard InChI is InChI=1S/C10H20O4S/c1-2-3-4-6-8(12)10(14)9(13)7(5-11)15-6/h6-14H,2-5H2,1H3. The van der Waals surface area contributed by atoms with E-state index in [2.05, 4.69) is 6.92 Å². The van der Waals surface area contributed by atoms with Gasteiger partial charge in [0.15, 0.2) is 0 Å². The predicted octanol–water partition coefficient (Wildman–Crippen LogP) is -0.264. The Balaban J connectivity index is 2.57. The molecule has 0 saturated carbocycles. The summed E-state index contributed by atoms with van der Waals surface area (Å²) in [5, 5.41) is 37.5. The summed E-state index contributed by atoms with van der Waals surface area (Å²) in [4.78, 5) is 0. The van der Waals surface area contributed by atoms with E-state index >= 15 is 0 Å². The lowest BCUT2D eigenvalue weighted by Crippen LogP contribution is -2.53. The van der Waals surface area contributed by atoms with Crippen molar-refractivity contribution in [2.45, 2.75) is 55.0 Å². The van der Waals surface area contributed by atoms with Gasteiger partial charge < -0.3 is 20.4 Å². The van der Waals surface area contributed by atoms with E-state index in [9.17, 15) is 15.3 Å². The highest BCUT2D eigenvalue weighted by Gasteiger charge is 2.42. The Morgan fingerprint density at radius 3 is 2.13 bits per heavy atom. The molecule has 1 saturated heterocycles. The van der Waals surface area contributed by atoms with Crippen molar-refractivity contribution in [1.82, 2.24) is 0 Å². The molecule has 0 spiro atoms. The zero-order valence-corrected chi connectivity index (χ0v) is 9.73. The highest BCUT2D eigenvalue weighted by Crippen LogP contribution is 2.35. The zero-order valence-electron chi connectivity index (χ0n) is 8.91. The monoisotopic (exact) mass is 236 g/mol. The van der Waals surface area contributed by atoms with Gasteiger partial charge in [0.1, 0.15) is 6.10 Å². The molecule has 0 radical (unpaired) electrons. The number of hydrogen-bond acceptors (Lipinski definition) is 5. The predicted molar refractivity (Wildman–Crippen MR) is 59.8 cm³/mol. The Morgan fingerprint density at radius 2 is 1.60 bits per heavy atom. The van der Waals surface area contributed by atoms with Crippen LogP contribution < -0.4 is 0 Å². The number of unbranched alkanes of at least 4 members (excludes halogenated alkanes) is 1. The van der Waals surface area contributed by atoms with Gasteiger partial charge in [-0.3, -0.25) is 0 Å². The van der Waals surface area contributed by atoms with E-state index in [4.69, 9.17) is 5.11 Å². The number of rotatable bonds is 4. The second-order valence-electron chi connectivity index (χ2n) is 4.01. The molecular formula is C10H20O4S. The van der Waals surface area contributed by atoms with Gasteiger partial charge in [0.05, 0.1) is 24.1 Å². The molecule has 0 aliphatic carbocycles. The van der Waals surface area contributed by atoms with Crippen LogP contribution in [0.5, 0.6) is 0 Å². The fourth-order valence-corrected chi connectivity index (χ4v) is 3.30. The van der Waals surface area contributed by atoms with E-state index < -0.39 is 18.3 Å². The minimum atomic E-state index is -1.13. The first-order valence-corrected chi connectivity index (χ1v) is 6.36. The largest absolute Gasteiger partial charge is 0.395 e. The maximum absolute atomic E-state index is 9.74. The van der Waals surface area contributed by atoms with E-state index in [-0.39, 0.29) is 17.1 Å². The SMILES string of the molecule is CCCCC1SC(CO)C(O)C(O)C1O. The van der Waals surface area contributed by atoms with Crippen LogP contribution in [0.3, 0.4) is 0 Å². The highest BCUT2D eigenvalue weighted by atomic mass is 32.2. The van der Waals surface area contributed by atoms with E-state index in [1.165, 1.54) is 11.8 Å². The number of aliphatic hydroxyl groups excluding tert-OH is 4. The first-order chi connectivity index (χ1) is 7.11. The third kappa shape index (κ3) is 3.07. The van der Waals surface area contributed by atoms with E-state index in [1.807, 2.05) is 0 Å². The van der Waals surface area contributed by atoms with Crippen molar-refractivity contribution in [2.75, 3.05) is 6.61 Å². The molecule has 0 amide bonds.